The molecular formula is C9H12N2O. The number of aldehydes is 1. The quantitative estimate of drug-likeness (QED) is 0.488. The standard InChI is InChI=1S/C9H12N2O/c12-8-3-1-2-5-9-10-6-4-7-11-9/h4,6-8H,1-3,5H2. The molecule has 3 nitrogen and oxygen atoms in total. The minimum atomic E-state index is 0.646. The van der Waals surface area contributed by atoms with Gasteiger partial charge in [0.15, 0.2) is 0 Å². The van der Waals surface area contributed by atoms with E-state index in [0.717, 1.165) is 31.4 Å². The highest BCUT2D eigenvalue weighted by Gasteiger charge is 1.93. The number of carbonyl (C=O) groups is 1. The second kappa shape index (κ2) is 5.41. The Bertz CT molecular complexity index is 223. The topological polar surface area (TPSA) is 42.9 Å². The van der Waals surface area contributed by atoms with Gasteiger partial charge in [-0.3, -0.25) is 0 Å². The minimum Gasteiger partial charge on any atom is -0.303 e. The maximum Gasteiger partial charge on any atom is 0.128 e. The normalized spacial score (nSPS) is 9.67. The summed E-state index contributed by atoms with van der Waals surface area (Å²) in [5.74, 6) is 0.864. The first-order chi connectivity index (χ1) is 5.93. The van der Waals surface area contributed by atoms with Crippen molar-refractivity contribution < 1.29 is 4.79 Å². The molecule has 0 amide bonds. The van der Waals surface area contributed by atoms with Crippen LogP contribution in [0.15, 0.2) is 18.5 Å². The fraction of sp³-hybridized carbons (Fsp3) is 0.444. The molecule has 0 aliphatic rings. The number of hydrogen-bond acceptors (Lipinski definition) is 3. The predicted octanol–water partition coefficient (Wildman–Crippen LogP) is 1.39. The molecule has 0 saturated carbocycles. The smallest absolute Gasteiger partial charge is 0.128 e. The molecule has 0 unspecified atom stereocenters. The van der Waals surface area contributed by atoms with Crippen molar-refractivity contribution in [3.8, 4) is 0 Å². The van der Waals surface area contributed by atoms with Crippen molar-refractivity contribution in [1.29, 1.82) is 0 Å². The molecular weight excluding hydrogens is 152 g/mol. The number of carbonyl (C=O) groups excluding carboxylic acids is 1. The zero-order valence-electron chi connectivity index (χ0n) is 6.94. The first-order valence-corrected chi connectivity index (χ1v) is 4.13. The molecule has 0 spiro atoms. The van der Waals surface area contributed by atoms with E-state index in [1.165, 1.54) is 0 Å². The lowest BCUT2D eigenvalue weighted by Crippen LogP contribution is -1.93. The Balaban J connectivity index is 2.20. The van der Waals surface area contributed by atoms with Gasteiger partial charge in [-0.15, -0.1) is 0 Å². The van der Waals surface area contributed by atoms with Crippen molar-refractivity contribution in [3.05, 3.63) is 24.3 Å². The molecule has 64 valence electrons. The average Bonchev–Trinajstić information content (AvgIpc) is 2.14. The zero-order chi connectivity index (χ0) is 8.65. The number of hydrogen-bond donors (Lipinski definition) is 0. The Morgan fingerprint density at radius 3 is 2.67 bits per heavy atom. The van der Waals surface area contributed by atoms with Gasteiger partial charge in [0, 0.05) is 25.2 Å². The third-order valence-electron chi connectivity index (χ3n) is 1.59. The van der Waals surface area contributed by atoms with Crippen molar-refractivity contribution in [2.45, 2.75) is 25.7 Å². The first kappa shape index (κ1) is 8.84. The minimum absolute atomic E-state index is 0.646. The van der Waals surface area contributed by atoms with Crippen LogP contribution in [0.1, 0.15) is 25.1 Å². The SMILES string of the molecule is O=CCCCCc1ncccn1. The van der Waals surface area contributed by atoms with Gasteiger partial charge in [0.25, 0.3) is 0 Å². The van der Waals surface area contributed by atoms with Crippen LogP contribution >= 0.6 is 0 Å². The molecule has 0 fully saturated rings. The van der Waals surface area contributed by atoms with Gasteiger partial charge >= 0.3 is 0 Å². The number of aromatic nitrogens is 2. The number of aryl methyl sites for hydroxylation is 1. The van der Waals surface area contributed by atoms with E-state index in [1.54, 1.807) is 18.5 Å². The summed E-state index contributed by atoms with van der Waals surface area (Å²) in [7, 11) is 0. The van der Waals surface area contributed by atoms with Crippen molar-refractivity contribution in [1.82, 2.24) is 9.97 Å². The Labute approximate surface area is 71.9 Å². The maximum absolute atomic E-state index is 9.98. The summed E-state index contributed by atoms with van der Waals surface area (Å²) >= 11 is 0. The second-order valence-corrected chi connectivity index (χ2v) is 2.58. The Hall–Kier alpha value is -1.25. The summed E-state index contributed by atoms with van der Waals surface area (Å²) < 4.78 is 0. The van der Waals surface area contributed by atoms with Crippen LogP contribution < -0.4 is 0 Å². The average molecular weight is 164 g/mol. The molecule has 0 N–H and O–H groups in total. The highest BCUT2D eigenvalue weighted by atomic mass is 16.1. The van der Waals surface area contributed by atoms with Gasteiger partial charge in [0.2, 0.25) is 0 Å². The van der Waals surface area contributed by atoms with Crippen molar-refractivity contribution >= 4 is 6.29 Å². The second-order valence-electron chi connectivity index (χ2n) is 2.58. The van der Waals surface area contributed by atoms with Crippen LogP contribution in [-0.4, -0.2) is 16.3 Å². The lowest BCUT2D eigenvalue weighted by atomic mass is 10.2. The van der Waals surface area contributed by atoms with Crippen molar-refractivity contribution in [2.75, 3.05) is 0 Å². The predicted molar refractivity (Wildman–Crippen MR) is 45.7 cm³/mol. The Kier molecular flexibility index (Phi) is 3.98. The molecule has 0 atom stereocenters. The van der Waals surface area contributed by atoms with Crippen LogP contribution in [0.4, 0.5) is 0 Å². The van der Waals surface area contributed by atoms with Gasteiger partial charge in [-0.25, -0.2) is 9.97 Å². The van der Waals surface area contributed by atoms with E-state index >= 15 is 0 Å². The lowest BCUT2D eigenvalue weighted by Gasteiger charge is -1.95. The lowest BCUT2D eigenvalue weighted by molar-refractivity contribution is -0.107. The molecule has 1 rings (SSSR count). The van der Waals surface area contributed by atoms with E-state index in [0.29, 0.717) is 6.42 Å². The van der Waals surface area contributed by atoms with E-state index in [2.05, 4.69) is 9.97 Å². The third-order valence-corrected chi connectivity index (χ3v) is 1.59. The van der Waals surface area contributed by atoms with Crippen LogP contribution in [0.3, 0.4) is 0 Å². The third kappa shape index (κ3) is 3.23. The summed E-state index contributed by atoms with van der Waals surface area (Å²) in [6.45, 7) is 0. The summed E-state index contributed by atoms with van der Waals surface area (Å²) in [5, 5.41) is 0. The molecule has 1 aromatic rings. The number of nitrogens with zero attached hydrogens (tertiary/aromatic N) is 2. The van der Waals surface area contributed by atoms with Gasteiger partial charge in [-0.05, 0) is 18.9 Å². The van der Waals surface area contributed by atoms with Crippen molar-refractivity contribution in [2.24, 2.45) is 0 Å². The fourth-order valence-corrected chi connectivity index (χ4v) is 0.970. The molecule has 0 bridgehead atoms. The van der Waals surface area contributed by atoms with Crippen LogP contribution in [-0.2, 0) is 11.2 Å². The zero-order valence-corrected chi connectivity index (χ0v) is 6.94. The van der Waals surface area contributed by atoms with E-state index in [9.17, 15) is 4.79 Å². The maximum atomic E-state index is 9.98. The molecule has 0 radical (unpaired) electrons. The monoisotopic (exact) mass is 164 g/mol. The molecule has 1 heterocycles. The van der Waals surface area contributed by atoms with Crippen LogP contribution in [0, 0.1) is 0 Å². The molecule has 3 heteroatoms. The summed E-state index contributed by atoms with van der Waals surface area (Å²) in [6, 6.07) is 1.80. The van der Waals surface area contributed by atoms with E-state index < -0.39 is 0 Å². The largest absolute Gasteiger partial charge is 0.303 e. The molecule has 0 aliphatic carbocycles. The molecule has 12 heavy (non-hydrogen) atoms. The van der Waals surface area contributed by atoms with Crippen LogP contribution in [0.25, 0.3) is 0 Å². The molecule has 0 aliphatic heterocycles. The highest BCUT2D eigenvalue weighted by Crippen LogP contribution is 1.99. The Morgan fingerprint density at radius 2 is 2.00 bits per heavy atom. The first-order valence-electron chi connectivity index (χ1n) is 4.13. The van der Waals surface area contributed by atoms with Gasteiger partial charge in [-0.2, -0.15) is 0 Å². The van der Waals surface area contributed by atoms with E-state index in [4.69, 9.17) is 0 Å². The van der Waals surface area contributed by atoms with E-state index in [-0.39, 0.29) is 0 Å². The fourth-order valence-electron chi connectivity index (χ4n) is 0.970. The molecule has 0 saturated heterocycles. The number of rotatable bonds is 5. The van der Waals surface area contributed by atoms with E-state index in [1.807, 2.05) is 0 Å². The van der Waals surface area contributed by atoms with Crippen LogP contribution in [0.2, 0.25) is 0 Å². The van der Waals surface area contributed by atoms with Crippen LogP contribution in [0.5, 0.6) is 0 Å². The van der Waals surface area contributed by atoms with Gasteiger partial charge in [-0.1, -0.05) is 0 Å². The van der Waals surface area contributed by atoms with Crippen molar-refractivity contribution in [3.63, 3.8) is 0 Å². The van der Waals surface area contributed by atoms with Gasteiger partial charge in [0.1, 0.15) is 12.1 Å². The Morgan fingerprint density at radius 1 is 1.25 bits per heavy atom. The summed E-state index contributed by atoms with van der Waals surface area (Å²) in [4.78, 5) is 18.1. The molecule has 0 aromatic carbocycles. The van der Waals surface area contributed by atoms with Gasteiger partial charge < -0.3 is 4.79 Å². The summed E-state index contributed by atoms with van der Waals surface area (Å²) in [6.07, 6.45) is 7.86. The number of unbranched alkanes of at least 4 members (excludes halogenated alkanes) is 2. The summed E-state index contributed by atoms with van der Waals surface area (Å²) in [5.41, 5.74) is 0. The highest BCUT2D eigenvalue weighted by molar-refractivity contribution is 5.48. The molecule has 1 aromatic heterocycles. The van der Waals surface area contributed by atoms with Gasteiger partial charge in [0.05, 0.1) is 0 Å².